The molecule has 0 saturated carbocycles. The topological polar surface area (TPSA) is 54.5 Å². The molecule has 4 nitrogen and oxygen atoms in total. The van der Waals surface area contributed by atoms with Gasteiger partial charge in [-0.15, -0.1) is 6.58 Å². The molecule has 0 fully saturated rings. The summed E-state index contributed by atoms with van der Waals surface area (Å²) in [6, 6.07) is 6.17. The summed E-state index contributed by atoms with van der Waals surface area (Å²) in [5, 5.41) is 0. The smallest absolute Gasteiger partial charge is 0.243 e. The highest BCUT2D eigenvalue weighted by Gasteiger charge is 2.22. The molecule has 0 heterocycles. The molecule has 0 spiro atoms. The predicted molar refractivity (Wildman–Crippen MR) is 75.7 cm³/mol. The minimum Gasteiger partial charge on any atom is -0.294 e. The Morgan fingerprint density at radius 2 is 2.05 bits per heavy atom. The zero-order valence-electron chi connectivity index (χ0n) is 11.3. The fraction of sp³-hybridized carbons (Fsp3) is 0.357. The van der Waals surface area contributed by atoms with E-state index < -0.39 is 10.0 Å². The quantitative estimate of drug-likeness (QED) is 0.570. The lowest BCUT2D eigenvalue weighted by Crippen LogP contribution is -2.31. The number of benzene rings is 1. The minimum atomic E-state index is -3.57. The van der Waals surface area contributed by atoms with Gasteiger partial charge in [0.2, 0.25) is 10.0 Å². The van der Waals surface area contributed by atoms with Crippen molar-refractivity contribution in [2.75, 3.05) is 13.1 Å². The summed E-state index contributed by atoms with van der Waals surface area (Å²) in [5.74, 6) is -0.0659. The SMILES string of the molecule is C=CCN(CC)S(=O)(=O)c1cccc(C(=O)CC)c1. The van der Waals surface area contributed by atoms with Crippen LogP contribution in [-0.4, -0.2) is 31.6 Å². The van der Waals surface area contributed by atoms with Crippen LogP contribution in [0.15, 0.2) is 41.8 Å². The second-order valence-electron chi connectivity index (χ2n) is 4.05. The molecular weight excluding hydrogens is 262 g/mol. The highest BCUT2D eigenvalue weighted by atomic mass is 32.2. The van der Waals surface area contributed by atoms with Crippen molar-refractivity contribution in [2.45, 2.75) is 25.2 Å². The van der Waals surface area contributed by atoms with E-state index >= 15 is 0 Å². The zero-order valence-corrected chi connectivity index (χ0v) is 12.1. The lowest BCUT2D eigenvalue weighted by atomic mass is 10.1. The van der Waals surface area contributed by atoms with E-state index in [2.05, 4.69) is 6.58 Å². The van der Waals surface area contributed by atoms with E-state index in [-0.39, 0.29) is 17.2 Å². The van der Waals surface area contributed by atoms with Crippen molar-refractivity contribution in [1.82, 2.24) is 4.31 Å². The van der Waals surface area contributed by atoms with Crippen molar-refractivity contribution in [3.63, 3.8) is 0 Å². The normalized spacial score (nSPS) is 11.5. The predicted octanol–water partition coefficient (Wildman–Crippen LogP) is 2.48. The van der Waals surface area contributed by atoms with E-state index in [4.69, 9.17) is 0 Å². The van der Waals surface area contributed by atoms with Gasteiger partial charge in [0.25, 0.3) is 0 Å². The Bertz CT molecular complexity index is 564. The number of hydrogen-bond acceptors (Lipinski definition) is 3. The molecule has 0 amide bonds. The third-order valence-electron chi connectivity index (χ3n) is 2.80. The van der Waals surface area contributed by atoms with Crippen LogP contribution in [0.25, 0.3) is 0 Å². The van der Waals surface area contributed by atoms with Gasteiger partial charge in [0.15, 0.2) is 5.78 Å². The summed E-state index contributed by atoms with van der Waals surface area (Å²) < 4.78 is 26.1. The molecule has 0 saturated heterocycles. The molecule has 0 aliphatic heterocycles. The Morgan fingerprint density at radius 1 is 1.37 bits per heavy atom. The summed E-state index contributed by atoms with van der Waals surface area (Å²) >= 11 is 0. The molecule has 0 N–H and O–H groups in total. The van der Waals surface area contributed by atoms with Crippen LogP contribution in [0.3, 0.4) is 0 Å². The average Bonchev–Trinajstić information content (AvgIpc) is 2.43. The van der Waals surface area contributed by atoms with E-state index in [0.717, 1.165) is 0 Å². The van der Waals surface area contributed by atoms with Gasteiger partial charge in [-0.3, -0.25) is 4.79 Å². The van der Waals surface area contributed by atoms with Crippen LogP contribution in [0, 0.1) is 0 Å². The van der Waals surface area contributed by atoms with Crippen LogP contribution < -0.4 is 0 Å². The van der Waals surface area contributed by atoms with Crippen LogP contribution in [0.4, 0.5) is 0 Å². The Hall–Kier alpha value is -1.46. The van der Waals surface area contributed by atoms with Gasteiger partial charge in [-0.25, -0.2) is 8.42 Å². The van der Waals surface area contributed by atoms with Crippen LogP contribution in [-0.2, 0) is 10.0 Å². The summed E-state index contributed by atoms with van der Waals surface area (Å²) in [5.41, 5.74) is 0.429. The standard InChI is InChI=1S/C14H19NO3S/c1-4-10-15(6-3)19(17,18)13-9-7-8-12(11-13)14(16)5-2/h4,7-9,11H,1,5-6,10H2,2-3H3. The highest BCUT2D eigenvalue weighted by Crippen LogP contribution is 2.17. The minimum absolute atomic E-state index is 0.0659. The monoisotopic (exact) mass is 281 g/mol. The number of Topliss-reactive ketones (excluding diaryl/α,β-unsaturated/α-hetero) is 1. The molecule has 0 aliphatic rings. The molecule has 0 unspecified atom stereocenters. The Morgan fingerprint density at radius 3 is 2.58 bits per heavy atom. The van der Waals surface area contributed by atoms with Gasteiger partial charge in [0.1, 0.15) is 0 Å². The summed E-state index contributed by atoms with van der Waals surface area (Å²) in [4.78, 5) is 11.8. The first-order valence-corrected chi connectivity index (χ1v) is 7.65. The van der Waals surface area contributed by atoms with Crippen molar-refractivity contribution >= 4 is 15.8 Å². The number of ketones is 1. The van der Waals surface area contributed by atoms with Crippen LogP contribution in [0.1, 0.15) is 30.6 Å². The van der Waals surface area contributed by atoms with E-state index in [1.807, 2.05) is 0 Å². The van der Waals surface area contributed by atoms with Crippen molar-refractivity contribution in [3.8, 4) is 0 Å². The molecule has 1 rings (SSSR count). The zero-order chi connectivity index (χ0) is 14.5. The second-order valence-corrected chi connectivity index (χ2v) is 5.99. The van der Waals surface area contributed by atoms with Gasteiger partial charge in [-0.2, -0.15) is 4.31 Å². The van der Waals surface area contributed by atoms with E-state index in [1.165, 1.54) is 16.4 Å². The van der Waals surface area contributed by atoms with Crippen LogP contribution >= 0.6 is 0 Å². The number of rotatable bonds is 7. The fourth-order valence-corrected chi connectivity index (χ4v) is 3.19. The molecule has 0 aromatic heterocycles. The number of hydrogen-bond donors (Lipinski definition) is 0. The van der Waals surface area contributed by atoms with E-state index in [9.17, 15) is 13.2 Å². The van der Waals surface area contributed by atoms with Crippen LogP contribution in [0.2, 0.25) is 0 Å². The number of carbonyl (C=O) groups is 1. The van der Waals surface area contributed by atoms with Gasteiger partial charge in [-0.1, -0.05) is 32.1 Å². The van der Waals surface area contributed by atoms with Crippen molar-refractivity contribution in [1.29, 1.82) is 0 Å². The molecule has 0 radical (unpaired) electrons. The Labute approximate surface area is 114 Å². The number of likely N-dealkylation sites (N-methyl/N-ethyl adjacent to an activating group) is 1. The summed E-state index contributed by atoms with van der Waals surface area (Å²) in [6.45, 7) is 7.69. The maximum absolute atomic E-state index is 12.4. The molecule has 0 atom stereocenters. The van der Waals surface area contributed by atoms with Crippen molar-refractivity contribution < 1.29 is 13.2 Å². The van der Waals surface area contributed by atoms with Crippen molar-refractivity contribution in [2.24, 2.45) is 0 Å². The molecule has 0 aliphatic carbocycles. The second kappa shape index (κ2) is 6.63. The van der Waals surface area contributed by atoms with Gasteiger partial charge >= 0.3 is 0 Å². The first kappa shape index (κ1) is 15.6. The lowest BCUT2D eigenvalue weighted by molar-refractivity contribution is 0.0988. The van der Waals surface area contributed by atoms with Gasteiger partial charge in [-0.05, 0) is 12.1 Å². The average molecular weight is 281 g/mol. The molecule has 1 aromatic rings. The van der Waals surface area contributed by atoms with E-state index in [0.29, 0.717) is 18.5 Å². The largest absolute Gasteiger partial charge is 0.294 e. The highest BCUT2D eigenvalue weighted by molar-refractivity contribution is 7.89. The fourth-order valence-electron chi connectivity index (χ4n) is 1.72. The first-order chi connectivity index (χ1) is 8.97. The molecule has 5 heteroatoms. The summed E-state index contributed by atoms with van der Waals surface area (Å²) in [6.07, 6.45) is 1.90. The molecule has 1 aromatic carbocycles. The molecular formula is C14H19NO3S. The number of sulfonamides is 1. The third kappa shape index (κ3) is 3.52. The van der Waals surface area contributed by atoms with Crippen molar-refractivity contribution in [3.05, 3.63) is 42.5 Å². The van der Waals surface area contributed by atoms with E-state index in [1.54, 1.807) is 32.1 Å². The Kier molecular flexibility index (Phi) is 5.44. The van der Waals surface area contributed by atoms with Gasteiger partial charge in [0, 0.05) is 25.1 Å². The lowest BCUT2D eigenvalue weighted by Gasteiger charge is -2.18. The Balaban J connectivity index is 3.21. The van der Waals surface area contributed by atoms with Crippen LogP contribution in [0.5, 0.6) is 0 Å². The number of carbonyl (C=O) groups excluding carboxylic acids is 1. The van der Waals surface area contributed by atoms with Gasteiger partial charge < -0.3 is 0 Å². The maximum Gasteiger partial charge on any atom is 0.243 e. The molecule has 0 bridgehead atoms. The maximum atomic E-state index is 12.4. The third-order valence-corrected chi connectivity index (χ3v) is 4.74. The van der Waals surface area contributed by atoms with Gasteiger partial charge in [0.05, 0.1) is 4.90 Å². The summed E-state index contributed by atoms with van der Waals surface area (Å²) in [7, 11) is -3.57. The first-order valence-electron chi connectivity index (χ1n) is 6.21. The molecule has 19 heavy (non-hydrogen) atoms. The number of nitrogens with zero attached hydrogens (tertiary/aromatic N) is 1. The molecule has 104 valence electrons.